The van der Waals surface area contributed by atoms with Crippen LogP contribution in [0.4, 0.5) is 10.5 Å². The first-order valence-corrected chi connectivity index (χ1v) is 6.34. The monoisotopic (exact) mass is 260 g/mol. The maximum Gasteiger partial charge on any atom is 0.319 e. The van der Waals surface area contributed by atoms with Gasteiger partial charge in [0.2, 0.25) is 0 Å². The fourth-order valence-corrected chi connectivity index (χ4v) is 1.71. The first-order valence-electron chi connectivity index (χ1n) is 6.34. The Morgan fingerprint density at radius 3 is 2.74 bits per heavy atom. The Kier molecular flexibility index (Phi) is 3.46. The maximum absolute atomic E-state index is 11.8. The molecule has 2 rings (SSSR count). The van der Waals surface area contributed by atoms with E-state index in [9.17, 15) is 4.79 Å². The molecule has 2 amide bonds. The second-order valence-corrected chi connectivity index (χ2v) is 5.93. The molecule has 2 aromatic heterocycles. The molecule has 0 aliphatic heterocycles. The molecule has 102 valence electrons. The van der Waals surface area contributed by atoms with Crippen LogP contribution in [-0.4, -0.2) is 22.0 Å². The van der Waals surface area contributed by atoms with E-state index in [2.05, 4.69) is 36.4 Å². The number of aromatic nitrogens is 2. The van der Waals surface area contributed by atoms with Gasteiger partial charge in [-0.25, -0.2) is 9.78 Å². The zero-order chi connectivity index (χ0) is 14.0. The highest BCUT2D eigenvalue weighted by Crippen LogP contribution is 2.12. The molecule has 5 heteroatoms. The number of anilines is 1. The molecule has 19 heavy (non-hydrogen) atoms. The van der Waals surface area contributed by atoms with E-state index in [-0.39, 0.29) is 11.4 Å². The van der Waals surface area contributed by atoms with Gasteiger partial charge in [0.25, 0.3) is 0 Å². The summed E-state index contributed by atoms with van der Waals surface area (Å²) in [5.74, 6) is 0. The van der Waals surface area contributed by atoms with Crippen molar-refractivity contribution in [3.63, 3.8) is 0 Å². The van der Waals surface area contributed by atoms with Crippen molar-refractivity contribution in [2.45, 2.75) is 27.7 Å². The van der Waals surface area contributed by atoms with E-state index >= 15 is 0 Å². The van der Waals surface area contributed by atoms with Crippen LogP contribution in [0, 0.1) is 12.3 Å². The lowest BCUT2D eigenvalue weighted by atomic mass is 9.97. The third kappa shape index (κ3) is 3.71. The molecule has 2 aromatic rings. The molecular weight excluding hydrogens is 240 g/mol. The summed E-state index contributed by atoms with van der Waals surface area (Å²) in [6, 6.07) is 3.54. The van der Waals surface area contributed by atoms with Crippen LogP contribution in [-0.2, 0) is 0 Å². The molecule has 0 saturated carbocycles. The number of fused-ring (bicyclic) bond motifs is 1. The molecule has 0 aliphatic carbocycles. The second kappa shape index (κ2) is 4.91. The van der Waals surface area contributed by atoms with E-state index < -0.39 is 0 Å². The Balaban J connectivity index is 2.02. The molecule has 5 nitrogen and oxygen atoms in total. The average Bonchev–Trinajstić information content (AvgIpc) is 2.65. The van der Waals surface area contributed by atoms with Gasteiger partial charge >= 0.3 is 6.03 Å². The molecular formula is C14H20N4O. The third-order valence-corrected chi connectivity index (χ3v) is 2.61. The van der Waals surface area contributed by atoms with Gasteiger partial charge < -0.3 is 15.0 Å². The number of urea groups is 1. The van der Waals surface area contributed by atoms with Crippen LogP contribution in [0.1, 0.15) is 26.5 Å². The van der Waals surface area contributed by atoms with Crippen molar-refractivity contribution in [2.24, 2.45) is 5.41 Å². The number of hydrogen-bond donors (Lipinski definition) is 2. The van der Waals surface area contributed by atoms with Crippen molar-refractivity contribution < 1.29 is 4.79 Å². The first-order chi connectivity index (χ1) is 8.83. The summed E-state index contributed by atoms with van der Waals surface area (Å²) < 4.78 is 1.90. The van der Waals surface area contributed by atoms with E-state index in [0.717, 1.165) is 17.0 Å². The molecule has 0 fully saturated rings. The highest BCUT2D eigenvalue weighted by Gasteiger charge is 2.11. The van der Waals surface area contributed by atoms with E-state index in [0.29, 0.717) is 6.54 Å². The molecule has 0 spiro atoms. The molecule has 0 unspecified atom stereocenters. The number of carbonyl (C=O) groups excluding carboxylic acids is 1. The van der Waals surface area contributed by atoms with Gasteiger partial charge in [0.05, 0.1) is 11.4 Å². The average molecular weight is 260 g/mol. The summed E-state index contributed by atoms with van der Waals surface area (Å²) in [6.07, 6.45) is 3.78. The number of aryl methyl sites for hydroxylation is 1. The number of hydrogen-bond acceptors (Lipinski definition) is 2. The minimum absolute atomic E-state index is 0.0722. The van der Waals surface area contributed by atoms with E-state index in [1.165, 1.54) is 0 Å². The number of nitrogens with one attached hydrogen (secondary N) is 2. The number of nitrogens with zero attached hydrogens (tertiary/aromatic N) is 2. The standard InChI is InChI=1S/C14H20N4O/c1-10-7-18-8-11(5-6-12(18)16-10)17-13(19)15-9-14(2,3)4/h5-8H,9H2,1-4H3,(H2,15,17,19). The largest absolute Gasteiger partial charge is 0.337 e. The van der Waals surface area contributed by atoms with E-state index in [4.69, 9.17) is 0 Å². The Morgan fingerprint density at radius 2 is 2.05 bits per heavy atom. The van der Waals surface area contributed by atoms with Crippen LogP contribution in [0.3, 0.4) is 0 Å². The predicted octanol–water partition coefficient (Wildman–Crippen LogP) is 2.81. The lowest BCUT2D eigenvalue weighted by Crippen LogP contribution is -2.35. The zero-order valence-electron chi connectivity index (χ0n) is 11.8. The number of imidazole rings is 1. The second-order valence-electron chi connectivity index (χ2n) is 5.93. The molecule has 2 heterocycles. The van der Waals surface area contributed by atoms with Crippen LogP contribution in [0.5, 0.6) is 0 Å². The lowest BCUT2D eigenvalue weighted by Gasteiger charge is -2.18. The van der Waals surface area contributed by atoms with Crippen LogP contribution < -0.4 is 10.6 Å². The summed E-state index contributed by atoms with van der Waals surface area (Å²) >= 11 is 0. The Hall–Kier alpha value is -2.04. The van der Waals surface area contributed by atoms with Crippen molar-refractivity contribution in [1.29, 1.82) is 0 Å². The third-order valence-electron chi connectivity index (χ3n) is 2.61. The summed E-state index contributed by atoms with van der Waals surface area (Å²) in [5.41, 5.74) is 2.65. The molecule has 0 atom stereocenters. The van der Waals surface area contributed by atoms with Gasteiger partial charge in [-0.05, 0) is 24.5 Å². The summed E-state index contributed by atoms with van der Waals surface area (Å²) in [5, 5.41) is 5.67. The molecule has 0 radical (unpaired) electrons. The highest BCUT2D eigenvalue weighted by atomic mass is 16.2. The van der Waals surface area contributed by atoms with Gasteiger partial charge in [-0.1, -0.05) is 20.8 Å². The Bertz CT molecular complexity index is 595. The first kappa shape index (κ1) is 13.4. The maximum atomic E-state index is 11.8. The minimum atomic E-state index is -0.189. The number of carbonyl (C=O) groups is 1. The van der Waals surface area contributed by atoms with Crippen LogP contribution in [0.2, 0.25) is 0 Å². The van der Waals surface area contributed by atoms with Gasteiger partial charge in [-0.15, -0.1) is 0 Å². The fourth-order valence-electron chi connectivity index (χ4n) is 1.71. The number of pyridine rings is 1. The molecule has 0 bridgehead atoms. The van der Waals surface area contributed by atoms with Crippen LogP contribution in [0.15, 0.2) is 24.5 Å². The van der Waals surface area contributed by atoms with Crippen molar-refractivity contribution in [2.75, 3.05) is 11.9 Å². The lowest BCUT2D eigenvalue weighted by molar-refractivity contribution is 0.247. The predicted molar refractivity (Wildman–Crippen MR) is 76.4 cm³/mol. The number of rotatable bonds is 2. The molecule has 0 saturated heterocycles. The smallest absolute Gasteiger partial charge is 0.319 e. The fraction of sp³-hybridized carbons (Fsp3) is 0.429. The summed E-state index contributed by atoms with van der Waals surface area (Å²) in [7, 11) is 0. The zero-order valence-corrected chi connectivity index (χ0v) is 11.8. The van der Waals surface area contributed by atoms with Crippen molar-refractivity contribution in [3.8, 4) is 0 Å². The molecule has 0 aromatic carbocycles. The number of amides is 2. The van der Waals surface area contributed by atoms with Gasteiger partial charge in [-0.3, -0.25) is 0 Å². The molecule has 0 aliphatic rings. The van der Waals surface area contributed by atoms with Gasteiger partial charge in [0.1, 0.15) is 5.65 Å². The van der Waals surface area contributed by atoms with Gasteiger partial charge in [0.15, 0.2) is 0 Å². The Morgan fingerprint density at radius 1 is 1.32 bits per heavy atom. The van der Waals surface area contributed by atoms with Crippen molar-refractivity contribution in [3.05, 3.63) is 30.2 Å². The van der Waals surface area contributed by atoms with E-state index in [1.54, 1.807) is 0 Å². The minimum Gasteiger partial charge on any atom is -0.337 e. The van der Waals surface area contributed by atoms with Gasteiger partial charge in [-0.2, -0.15) is 0 Å². The van der Waals surface area contributed by atoms with E-state index in [1.807, 2.05) is 35.9 Å². The van der Waals surface area contributed by atoms with Gasteiger partial charge in [0, 0.05) is 18.9 Å². The van der Waals surface area contributed by atoms with Crippen LogP contribution >= 0.6 is 0 Å². The topological polar surface area (TPSA) is 58.4 Å². The van der Waals surface area contributed by atoms with Crippen molar-refractivity contribution >= 4 is 17.4 Å². The van der Waals surface area contributed by atoms with Crippen molar-refractivity contribution in [1.82, 2.24) is 14.7 Å². The summed E-state index contributed by atoms with van der Waals surface area (Å²) in [6.45, 7) is 8.80. The molecule has 2 N–H and O–H groups in total. The quantitative estimate of drug-likeness (QED) is 0.872. The van der Waals surface area contributed by atoms with Crippen LogP contribution in [0.25, 0.3) is 5.65 Å². The normalized spacial score (nSPS) is 11.6. The SMILES string of the molecule is Cc1cn2cc(NC(=O)NCC(C)(C)C)ccc2n1. The Labute approximate surface area is 113 Å². The highest BCUT2D eigenvalue weighted by molar-refractivity contribution is 5.89. The summed E-state index contributed by atoms with van der Waals surface area (Å²) in [4.78, 5) is 16.1.